The van der Waals surface area contributed by atoms with Crippen LogP contribution in [-0.4, -0.2) is 25.2 Å². The summed E-state index contributed by atoms with van der Waals surface area (Å²) in [6.07, 6.45) is 6.51. The molecule has 0 bridgehead atoms. The van der Waals surface area contributed by atoms with Crippen LogP contribution in [0.1, 0.15) is 25.7 Å². The molecule has 0 amide bonds. The van der Waals surface area contributed by atoms with Gasteiger partial charge >= 0.3 is 0 Å². The summed E-state index contributed by atoms with van der Waals surface area (Å²) in [6, 6.07) is 8.06. The largest absolute Gasteiger partial charge is 0.497 e. The van der Waals surface area contributed by atoms with E-state index in [1.165, 1.54) is 12.8 Å². The predicted octanol–water partition coefficient (Wildman–Crippen LogP) is 3.17. The van der Waals surface area contributed by atoms with Crippen LogP contribution in [0.3, 0.4) is 0 Å². The first-order chi connectivity index (χ1) is 9.85. The summed E-state index contributed by atoms with van der Waals surface area (Å²) in [5, 5.41) is 5.70. The van der Waals surface area contributed by atoms with Crippen molar-refractivity contribution in [2.45, 2.75) is 25.7 Å². The van der Waals surface area contributed by atoms with Crippen LogP contribution in [0.2, 0.25) is 0 Å². The number of pyridine rings is 1. The number of ether oxygens (including phenoxy) is 1. The molecular formula is C16H23N3O. The Balaban J connectivity index is 1.96. The highest BCUT2D eigenvalue weighted by molar-refractivity contribution is 5.92. The van der Waals surface area contributed by atoms with Crippen molar-refractivity contribution in [1.82, 2.24) is 4.98 Å². The highest BCUT2D eigenvalue weighted by Gasteiger charge is 2.03. The number of anilines is 1. The Morgan fingerprint density at radius 1 is 1.15 bits per heavy atom. The number of nitrogens with zero attached hydrogens (tertiary/aromatic N) is 1. The zero-order valence-corrected chi connectivity index (χ0v) is 12.1. The standard InChI is InChI=1S/C16H23N3O/c1-20-14-6-7-15-13(12-14)8-11-19-16(15)18-10-5-3-2-4-9-17/h6-8,11-12H,2-5,9-10,17H2,1H3,(H,18,19). The number of fused-ring (bicyclic) bond motifs is 1. The van der Waals surface area contributed by atoms with E-state index in [0.29, 0.717) is 0 Å². The van der Waals surface area contributed by atoms with E-state index in [4.69, 9.17) is 10.5 Å². The minimum atomic E-state index is 0.792. The maximum atomic E-state index is 5.48. The van der Waals surface area contributed by atoms with E-state index in [2.05, 4.69) is 16.4 Å². The fraction of sp³-hybridized carbons (Fsp3) is 0.438. The van der Waals surface area contributed by atoms with Gasteiger partial charge in [-0.1, -0.05) is 12.8 Å². The summed E-state index contributed by atoms with van der Waals surface area (Å²) >= 11 is 0. The molecule has 20 heavy (non-hydrogen) atoms. The van der Waals surface area contributed by atoms with Gasteiger partial charge < -0.3 is 15.8 Å². The first-order valence-electron chi connectivity index (χ1n) is 7.22. The van der Waals surface area contributed by atoms with E-state index in [9.17, 15) is 0 Å². The third kappa shape index (κ3) is 3.84. The molecule has 0 atom stereocenters. The molecule has 0 aliphatic carbocycles. The molecule has 1 aromatic carbocycles. The molecule has 0 aliphatic rings. The van der Waals surface area contributed by atoms with Crippen LogP contribution in [0, 0.1) is 0 Å². The third-order valence-electron chi connectivity index (χ3n) is 3.39. The fourth-order valence-electron chi connectivity index (χ4n) is 2.25. The van der Waals surface area contributed by atoms with E-state index in [0.717, 1.165) is 48.3 Å². The van der Waals surface area contributed by atoms with Gasteiger partial charge in [-0.3, -0.25) is 0 Å². The van der Waals surface area contributed by atoms with E-state index < -0.39 is 0 Å². The lowest BCUT2D eigenvalue weighted by Gasteiger charge is -2.09. The number of methoxy groups -OCH3 is 1. The summed E-state index contributed by atoms with van der Waals surface area (Å²) in [7, 11) is 1.68. The van der Waals surface area contributed by atoms with Crippen molar-refractivity contribution < 1.29 is 4.74 Å². The van der Waals surface area contributed by atoms with E-state index in [1.54, 1.807) is 7.11 Å². The summed E-state index contributed by atoms with van der Waals surface area (Å²) in [6.45, 7) is 1.74. The number of hydrogen-bond donors (Lipinski definition) is 2. The summed E-state index contributed by atoms with van der Waals surface area (Å²) in [5.41, 5.74) is 5.48. The molecular weight excluding hydrogens is 250 g/mol. The number of rotatable bonds is 8. The van der Waals surface area contributed by atoms with Gasteiger partial charge in [0.1, 0.15) is 11.6 Å². The maximum Gasteiger partial charge on any atom is 0.133 e. The fourth-order valence-corrected chi connectivity index (χ4v) is 2.25. The van der Waals surface area contributed by atoms with Crippen molar-refractivity contribution >= 4 is 16.6 Å². The number of benzene rings is 1. The Morgan fingerprint density at radius 2 is 2.00 bits per heavy atom. The molecule has 3 N–H and O–H groups in total. The molecule has 0 unspecified atom stereocenters. The lowest BCUT2D eigenvalue weighted by molar-refractivity contribution is 0.415. The molecule has 2 rings (SSSR count). The molecule has 0 spiro atoms. The summed E-state index contributed by atoms with van der Waals surface area (Å²) in [5.74, 6) is 1.82. The third-order valence-corrected chi connectivity index (χ3v) is 3.39. The van der Waals surface area contributed by atoms with Gasteiger partial charge in [-0.2, -0.15) is 0 Å². The number of unbranched alkanes of at least 4 members (excludes halogenated alkanes) is 3. The molecule has 1 aromatic heterocycles. The van der Waals surface area contributed by atoms with E-state index >= 15 is 0 Å². The second kappa shape index (κ2) is 7.70. The Bertz CT molecular complexity index is 542. The Kier molecular flexibility index (Phi) is 5.62. The molecule has 4 nitrogen and oxygen atoms in total. The van der Waals surface area contributed by atoms with Crippen molar-refractivity contribution in [3.63, 3.8) is 0 Å². The molecule has 0 saturated heterocycles. The molecule has 0 radical (unpaired) electrons. The van der Waals surface area contributed by atoms with E-state index in [-0.39, 0.29) is 0 Å². The quantitative estimate of drug-likeness (QED) is 0.725. The van der Waals surface area contributed by atoms with Gasteiger partial charge in [0.15, 0.2) is 0 Å². The lowest BCUT2D eigenvalue weighted by Crippen LogP contribution is -2.04. The zero-order chi connectivity index (χ0) is 14.2. The Morgan fingerprint density at radius 3 is 2.80 bits per heavy atom. The van der Waals surface area contributed by atoms with Crippen LogP contribution in [0.15, 0.2) is 30.5 Å². The first-order valence-corrected chi connectivity index (χ1v) is 7.22. The highest BCUT2D eigenvalue weighted by atomic mass is 16.5. The average molecular weight is 273 g/mol. The number of aromatic nitrogens is 1. The average Bonchev–Trinajstić information content (AvgIpc) is 2.50. The zero-order valence-electron chi connectivity index (χ0n) is 12.1. The first kappa shape index (κ1) is 14.6. The lowest BCUT2D eigenvalue weighted by atomic mass is 10.1. The van der Waals surface area contributed by atoms with Gasteiger partial charge in [0, 0.05) is 18.1 Å². The van der Waals surface area contributed by atoms with Crippen LogP contribution in [0.5, 0.6) is 5.75 Å². The number of nitrogens with two attached hydrogens (primary N) is 1. The van der Waals surface area contributed by atoms with Crippen molar-refractivity contribution in [1.29, 1.82) is 0 Å². The second-order valence-corrected chi connectivity index (χ2v) is 4.88. The Hall–Kier alpha value is -1.81. The number of hydrogen-bond acceptors (Lipinski definition) is 4. The molecule has 108 valence electrons. The van der Waals surface area contributed by atoms with Crippen molar-refractivity contribution in [3.05, 3.63) is 30.5 Å². The Labute approximate surface area is 120 Å². The van der Waals surface area contributed by atoms with Gasteiger partial charge in [-0.05, 0) is 49.0 Å². The normalized spacial score (nSPS) is 10.7. The molecule has 4 heteroatoms. The molecule has 1 heterocycles. The van der Waals surface area contributed by atoms with Gasteiger partial charge in [0.25, 0.3) is 0 Å². The number of nitrogens with one attached hydrogen (secondary N) is 1. The maximum absolute atomic E-state index is 5.48. The van der Waals surface area contributed by atoms with Crippen LogP contribution < -0.4 is 15.8 Å². The minimum Gasteiger partial charge on any atom is -0.497 e. The highest BCUT2D eigenvalue weighted by Crippen LogP contribution is 2.25. The molecule has 0 aliphatic heterocycles. The van der Waals surface area contributed by atoms with Crippen molar-refractivity contribution in [3.8, 4) is 5.75 Å². The summed E-state index contributed by atoms with van der Waals surface area (Å²) in [4.78, 5) is 4.42. The van der Waals surface area contributed by atoms with Gasteiger partial charge in [0.2, 0.25) is 0 Å². The molecule has 2 aromatic rings. The SMILES string of the molecule is COc1ccc2c(NCCCCCCN)nccc2c1. The monoisotopic (exact) mass is 273 g/mol. The van der Waals surface area contributed by atoms with Crippen LogP contribution in [-0.2, 0) is 0 Å². The smallest absolute Gasteiger partial charge is 0.133 e. The van der Waals surface area contributed by atoms with Crippen LogP contribution in [0.4, 0.5) is 5.82 Å². The van der Waals surface area contributed by atoms with Gasteiger partial charge in [-0.25, -0.2) is 4.98 Å². The minimum absolute atomic E-state index is 0.792. The van der Waals surface area contributed by atoms with Gasteiger partial charge in [-0.15, -0.1) is 0 Å². The van der Waals surface area contributed by atoms with Crippen molar-refractivity contribution in [2.75, 3.05) is 25.5 Å². The van der Waals surface area contributed by atoms with E-state index in [1.807, 2.05) is 24.4 Å². The van der Waals surface area contributed by atoms with Crippen molar-refractivity contribution in [2.24, 2.45) is 5.73 Å². The molecule has 0 saturated carbocycles. The van der Waals surface area contributed by atoms with Crippen LogP contribution >= 0.6 is 0 Å². The van der Waals surface area contributed by atoms with Gasteiger partial charge in [0.05, 0.1) is 7.11 Å². The van der Waals surface area contributed by atoms with Crippen LogP contribution in [0.25, 0.3) is 10.8 Å². The predicted molar refractivity (Wildman–Crippen MR) is 84.3 cm³/mol. The molecule has 0 fully saturated rings. The second-order valence-electron chi connectivity index (χ2n) is 4.88. The topological polar surface area (TPSA) is 60.2 Å². The summed E-state index contributed by atoms with van der Waals surface area (Å²) < 4.78 is 5.25.